The van der Waals surface area contributed by atoms with Crippen LogP contribution in [0.2, 0.25) is 0 Å². The molecule has 1 N–H and O–H groups in total. The van der Waals surface area contributed by atoms with Crippen LogP contribution in [-0.4, -0.2) is 41.5 Å². The lowest BCUT2D eigenvalue weighted by molar-refractivity contribution is -0.129. The summed E-state index contributed by atoms with van der Waals surface area (Å²) in [7, 11) is 0. The van der Waals surface area contributed by atoms with E-state index < -0.39 is 0 Å². The molecule has 22 heavy (non-hydrogen) atoms. The van der Waals surface area contributed by atoms with Crippen LogP contribution in [0.1, 0.15) is 32.8 Å². The van der Waals surface area contributed by atoms with E-state index >= 15 is 0 Å². The maximum atomic E-state index is 12.6. The van der Waals surface area contributed by atoms with E-state index in [0.717, 1.165) is 12.1 Å². The predicted molar refractivity (Wildman–Crippen MR) is 85.9 cm³/mol. The quantitative estimate of drug-likeness (QED) is 0.910. The molecule has 1 aromatic rings. The first-order valence-corrected chi connectivity index (χ1v) is 7.94. The maximum Gasteiger partial charge on any atom is 0.322 e. The Bertz CT molecular complexity index is 599. The molecule has 2 heterocycles. The molecule has 1 fully saturated rings. The van der Waals surface area contributed by atoms with Gasteiger partial charge in [-0.2, -0.15) is 0 Å². The lowest BCUT2D eigenvalue weighted by Gasteiger charge is -2.26. The van der Waals surface area contributed by atoms with Crippen LogP contribution in [0.15, 0.2) is 24.3 Å². The molecule has 3 rings (SSSR count). The molecule has 0 bridgehead atoms. The molecule has 0 radical (unpaired) electrons. The lowest BCUT2D eigenvalue weighted by atomic mass is 10.1. The number of hydrogen-bond acceptors (Lipinski definition) is 2. The lowest BCUT2D eigenvalue weighted by Crippen LogP contribution is -2.48. The molecule has 2 aliphatic heterocycles. The van der Waals surface area contributed by atoms with Gasteiger partial charge in [-0.1, -0.05) is 18.2 Å². The van der Waals surface area contributed by atoms with Gasteiger partial charge in [0.1, 0.15) is 0 Å². The second kappa shape index (κ2) is 5.63. The third kappa shape index (κ3) is 2.56. The van der Waals surface area contributed by atoms with Gasteiger partial charge in [0.25, 0.3) is 0 Å². The number of anilines is 1. The number of para-hydroxylation sites is 1. The highest BCUT2D eigenvalue weighted by atomic mass is 16.2. The third-order valence-corrected chi connectivity index (χ3v) is 4.54. The van der Waals surface area contributed by atoms with Gasteiger partial charge in [0.2, 0.25) is 5.91 Å². The molecule has 2 unspecified atom stereocenters. The number of nitrogens with one attached hydrogen (secondary N) is 1. The van der Waals surface area contributed by atoms with Crippen molar-refractivity contribution >= 4 is 17.6 Å². The number of amides is 3. The van der Waals surface area contributed by atoms with E-state index in [1.165, 1.54) is 5.56 Å². The van der Waals surface area contributed by atoms with E-state index in [1.807, 2.05) is 41.8 Å². The number of benzene rings is 1. The Hall–Kier alpha value is -2.04. The fourth-order valence-corrected chi connectivity index (χ4v) is 3.45. The number of carbonyl (C=O) groups is 2. The van der Waals surface area contributed by atoms with E-state index in [-0.39, 0.29) is 30.1 Å². The summed E-state index contributed by atoms with van der Waals surface area (Å²) in [5.74, 6) is 0.121. The standard InChI is InChI=1S/C17H23N3O2/c1-11(2)19-10-14(9-16(19)21)18-17(22)20-12(3)8-13-6-4-5-7-15(13)20/h4-7,11-12,14H,8-10H2,1-3H3,(H,18,22). The van der Waals surface area contributed by atoms with Crippen LogP contribution in [0.4, 0.5) is 10.5 Å². The van der Waals surface area contributed by atoms with Crippen LogP contribution in [-0.2, 0) is 11.2 Å². The molecule has 5 nitrogen and oxygen atoms in total. The van der Waals surface area contributed by atoms with Crippen LogP contribution in [0, 0.1) is 0 Å². The zero-order valence-electron chi connectivity index (χ0n) is 13.4. The molecule has 0 spiro atoms. The zero-order valence-corrected chi connectivity index (χ0v) is 13.4. The van der Waals surface area contributed by atoms with Gasteiger partial charge >= 0.3 is 6.03 Å². The number of carbonyl (C=O) groups excluding carboxylic acids is 2. The van der Waals surface area contributed by atoms with Gasteiger partial charge in [-0.3, -0.25) is 9.69 Å². The van der Waals surface area contributed by atoms with Gasteiger partial charge in [0.05, 0.1) is 6.04 Å². The maximum absolute atomic E-state index is 12.6. The minimum Gasteiger partial charge on any atom is -0.338 e. The van der Waals surface area contributed by atoms with Crippen molar-refractivity contribution < 1.29 is 9.59 Å². The van der Waals surface area contributed by atoms with E-state index in [0.29, 0.717) is 13.0 Å². The Morgan fingerprint density at radius 1 is 1.27 bits per heavy atom. The summed E-state index contributed by atoms with van der Waals surface area (Å²) >= 11 is 0. The number of fused-ring (bicyclic) bond motifs is 1. The first-order valence-electron chi connectivity index (χ1n) is 7.94. The molecule has 3 amide bonds. The largest absolute Gasteiger partial charge is 0.338 e. The van der Waals surface area contributed by atoms with Crippen LogP contribution in [0.3, 0.4) is 0 Å². The van der Waals surface area contributed by atoms with Crippen LogP contribution < -0.4 is 10.2 Å². The predicted octanol–water partition coefficient (Wildman–Crippen LogP) is 2.16. The van der Waals surface area contributed by atoms with E-state index in [9.17, 15) is 9.59 Å². The Labute approximate surface area is 131 Å². The highest BCUT2D eigenvalue weighted by Gasteiger charge is 2.35. The van der Waals surface area contributed by atoms with Crippen molar-refractivity contribution in [1.29, 1.82) is 0 Å². The van der Waals surface area contributed by atoms with Crippen molar-refractivity contribution in [3.8, 4) is 0 Å². The van der Waals surface area contributed by atoms with Crippen molar-refractivity contribution in [2.45, 2.75) is 51.7 Å². The highest BCUT2D eigenvalue weighted by Crippen LogP contribution is 2.31. The van der Waals surface area contributed by atoms with Gasteiger partial charge in [-0.15, -0.1) is 0 Å². The SMILES string of the molecule is CC(C)N1CC(NC(=O)N2c3ccccc3CC2C)CC1=O. The Kier molecular flexibility index (Phi) is 3.81. The molecule has 0 aliphatic carbocycles. The fraction of sp³-hybridized carbons (Fsp3) is 0.529. The Balaban J connectivity index is 1.70. The smallest absolute Gasteiger partial charge is 0.322 e. The third-order valence-electron chi connectivity index (χ3n) is 4.54. The molecule has 2 atom stereocenters. The van der Waals surface area contributed by atoms with Crippen LogP contribution >= 0.6 is 0 Å². The molecule has 1 saturated heterocycles. The van der Waals surface area contributed by atoms with Crippen molar-refractivity contribution in [1.82, 2.24) is 10.2 Å². The molecule has 0 aromatic heterocycles. The molecule has 0 saturated carbocycles. The molecular formula is C17H23N3O2. The minimum absolute atomic E-state index is 0.0950. The average Bonchev–Trinajstić information content (AvgIpc) is 2.97. The van der Waals surface area contributed by atoms with Gasteiger partial charge in [-0.25, -0.2) is 4.79 Å². The van der Waals surface area contributed by atoms with Gasteiger partial charge in [0, 0.05) is 30.7 Å². The molecule has 5 heteroatoms. The summed E-state index contributed by atoms with van der Waals surface area (Å²) in [5.41, 5.74) is 2.19. The summed E-state index contributed by atoms with van der Waals surface area (Å²) in [6.07, 6.45) is 1.28. The number of likely N-dealkylation sites (tertiary alicyclic amines) is 1. The van der Waals surface area contributed by atoms with Gasteiger partial charge in [0.15, 0.2) is 0 Å². The second-order valence-corrected chi connectivity index (χ2v) is 6.54. The summed E-state index contributed by atoms with van der Waals surface area (Å²) in [4.78, 5) is 28.2. The summed E-state index contributed by atoms with van der Waals surface area (Å²) < 4.78 is 0. The number of urea groups is 1. The Morgan fingerprint density at radius 2 is 2.00 bits per heavy atom. The molecular weight excluding hydrogens is 278 g/mol. The van der Waals surface area contributed by atoms with Crippen molar-refractivity contribution in [3.63, 3.8) is 0 Å². The van der Waals surface area contributed by atoms with Crippen molar-refractivity contribution in [2.24, 2.45) is 0 Å². The monoisotopic (exact) mass is 301 g/mol. The first-order chi connectivity index (χ1) is 10.5. The number of hydrogen-bond donors (Lipinski definition) is 1. The second-order valence-electron chi connectivity index (χ2n) is 6.54. The van der Waals surface area contributed by atoms with Crippen molar-refractivity contribution in [3.05, 3.63) is 29.8 Å². The topological polar surface area (TPSA) is 52.7 Å². The van der Waals surface area contributed by atoms with Gasteiger partial charge in [-0.05, 0) is 38.8 Å². The summed E-state index contributed by atoms with van der Waals surface area (Å²) in [5, 5.41) is 3.03. The fourth-order valence-electron chi connectivity index (χ4n) is 3.45. The van der Waals surface area contributed by atoms with Gasteiger partial charge < -0.3 is 10.2 Å². The molecule has 2 aliphatic rings. The number of rotatable bonds is 2. The first kappa shape index (κ1) is 14.9. The molecule has 1 aromatic carbocycles. The molecule has 118 valence electrons. The zero-order chi connectivity index (χ0) is 15.9. The van der Waals surface area contributed by atoms with E-state index in [4.69, 9.17) is 0 Å². The summed E-state index contributed by atoms with van der Waals surface area (Å²) in [6, 6.07) is 8.15. The van der Waals surface area contributed by atoms with Crippen LogP contribution in [0.25, 0.3) is 0 Å². The normalized spacial score (nSPS) is 24.1. The van der Waals surface area contributed by atoms with E-state index in [2.05, 4.69) is 18.3 Å². The van der Waals surface area contributed by atoms with Crippen LogP contribution in [0.5, 0.6) is 0 Å². The van der Waals surface area contributed by atoms with E-state index in [1.54, 1.807) is 0 Å². The highest BCUT2D eigenvalue weighted by molar-refractivity contribution is 5.95. The summed E-state index contributed by atoms with van der Waals surface area (Å²) in [6.45, 7) is 6.66. The Morgan fingerprint density at radius 3 is 2.68 bits per heavy atom. The number of nitrogens with zero attached hydrogens (tertiary/aromatic N) is 2. The average molecular weight is 301 g/mol. The van der Waals surface area contributed by atoms with Crippen molar-refractivity contribution in [2.75, 3.05) is 11.4 Å². The minimum atomic E-state index is -0.0964.